The third-order valence-corrected chi connectivity index (χ3v) is 4.61. The second-order valence-electron chi connectivity index (χ2n) is 5.06. The van der Waals surface area contributed by atoms with Crippen LogP contribution in [0.25, 0.3) is 0 Å². The van der Waals surface area contributed by atoms with Crippen molar-refractivity contribution in [2.75, 3.05) is 18.0 Å². The standard InChI is InChI=1S/C16H20N4S.HI/c1-3-17-16(18-10-15-12(2)19-11-21-15)20-9-8-13-6-4-5-7-14(13)20;/h4-7,11H,3,8-10H2,1-2H3,(H,17,18);1H. The molecule has 0 fully saturated rings. The number of thiazole rings is 1. The van der Waals surface area contributed by atoms with Crippen LogP contribution in [0.15, 0.2) is 34.8 Å². The first-order valence-corrected chi connectivity index (χ1v) is 8.20. The van der Waals surface area contributed by atoms with Gasteiger partial charge in [-0.3, -0.25) is 0 Å². The number of nitrogens with zero attached hydrogens (tertiary/aromatic N) is 3. The van der Waals surface area contributed by atoms with E-state index in [0.717, 1.165) is 31.2 Å². The number of hydrogen-bond donors (Lipinski definition) is 1. The van der Waals surface area contributed by atoms with E-state index >= 15 is 0 Å². The molecular weight excluding hydrogens is 407 g/mol. The van der Waals surface area contributed by atoms with Crippen LogP contribution in [0.2, 0.25) is 0 Å². The minimum absolute atomic E-state index is 0. The van der Waals surface area contributed by atoms with Crippen LogP contribution in [0.5, 0.6) is 0 Å². The largest absolute Gasteiger partial charge is 0.356 e. The summed E-state index contributed by atoms with van der Waals surface area (Å²) < 4.78 is 0. The summed E-state index contributed by atoms with van der Waals surface area (Å²) in [6.07, 6.45) is 1.08. The third kappa shape index (κ3) is 3.60. The summed E-state index contributed by atoms with van der Waals surface area (Å²) in [6, 6.07) is 8.57. The monoisotopic (exact) mass is 428 g/mol. The highest BCUT2D eigenvalue weighted by Crippen LogP contribution is 2.27. The molecule has 0 spiro atoms. The van der Waals surface area contributed by atoms with Crippen molar-refractivity contribution >= 4 is 47.0 Å². The summed E-state index contributed by atoms with van der Waals surface area (Å²) in [5.41, 5.74) is 5.65. The van der Waals surface area contributed by atoms with Crippen molar-refractivity contribution in [3.05, 3.63) is 45.9 Å². The summed E-state index contributed by atoms with van der Waals surface area (Å²) in [5.74, 6) is 0.968. The van der Waals surface area contributed by atoms with Gasteiger partial charge in [0.15, 0.2) is 5.96 Å². The van der Waals surface area contributed by atoms with Crippen molar-refractivity contribution in [3.8, 4) is 0 Å². The Morgan fingerprint density at radius 3 is 2.95 bits per heavy atom. The number of halogens is 1. The number of aliphatic imine (C=N–C) groups is 1. The van der Waals surface area contributed by atoms with Gasteiger partial charge in [-0.25, -0.2) is 9.98 Å². The van der Waals surface area contributed by atoms with E-state index in [4.69, 9.17) is 4.99 Å². The fraction of sp³-hybridized carbons (Fsp3) is 0.375. The number of nitrogens with one attached hydrogen (secondary N) is 1. The normalized spacial score (nSPS) is 13.7. The van der Waals surface area contributed by atoms with Gasteiger partial charge in [0.05, 0.1) is 17.7 Å². The Balaban J connectivity index is 0.00000176. The molecule has 1 aliphatic heterocycles. The lowest BCUT2D eigenvalue weighted by molar-refractivity contribution is 0.883. The van der Waals surface area contributed by atoms with Crippen LogP contribution in [-0.4, -0.2) is 24.0 Å². The van der Waals surface area contributed by atoms with Crippen molar-refractivity contribution in [2.45, 2.75) is 26.8 Å². The first-order chi connectivity index (χ1) is 10.3. The number of hydrogen-bond acceptors (Lipinski definition) is 3. The molecule has 3 rings (SSSR count). The van der Waals surface area contributed by atoms with Crippen LogP contribution >= 0.6 is 35.3 Å². The zero-order chi connectivity index (χ0) is 14.7. The minimum atomic E-state index is 0. The summed E-state index contributed by atoms with van der Waals surface area (Å²) in [7, 11) is 0. The maximum Gasteiger partial charge on any atom is 0.198 e. The summed E-state index contributed by atoms with van der Waals surface area (Å²) in [5, 5.41) is 3.41. The Labute approximate surface area is 152 Å². The molecular formula is C16H21IN4S. The predicted octanol–water partition coefficient (Wildman–Crippen LogP) is 3.60. The molecule has 0 radical (unpaired) electrons. The SMILES string of the molecule is CCNC(=NCc1scnc1C)N1CCc2ccccc21.I. The molecule has 1 aliphatic rings. The van der Waals surface area contributed by atoms with Gasteiger partial charge in [-0.15, -0.1) is 35.3 Å². The summed E-state index contributed by atoms with van der Waals surface area (Å²) in [4.78, 5) is 12.6. The fourth-order valence-corrected chi connectivity index (χ4v) is 3.28. The lowest BCUT2D eigenvalue weighted by atomic mass is 10.2. The average molecular weight is 428 g/mol. The molecule has 0 saturated heterocycles. The molecule has 1 N–H and O–H groups in total. The molecule has 0 saturated carbocycles. The van der Waals surface area contributed by atoms with Gasteiger partial charge in [-0.2, -0.15) is 0 Å². The van der Waals surface area contributed by atoms with Crippen LogP contribution in [0, 0.1) is 6.92 Å². The molecule has 6 heteroatoms. The molecule has 22 heavy (non-hydrogen) atoms. The highest BCUT2D eigenvalue weighted by atomic mass is 127. The van der Waals surface area contributed by atoms with E-state index < -0.39 is 0 Å². The quantitative estimate of drug-likeness (QED) is 0.462. The van der Waals surface area contributed by atoms with E-state index in [1.807, 2.05) is 12.4 Å². The van der Waals surface area contributed by atoms with Crippen molar-refractivity contribution < 1.29 is 0 Å². The zero-order valence-corrected chi connectivity index (χ0v) is 16.0. The van der Waals surface area contributed by atoms with Crippen molar-refractivity contribution in [2.24, 2.45) is 4.99 Å². The molecule has 2 aromatic rings. The zero-order valence-electron chi connectivity index (χ0n) is 12.9. The van der Waals surface area contributed by atoms with Crippen LogP contribution in [0.3, 0.4) is 0 Å². The maximum atomic E-state index is 4.80. The number of benzene rings is 1. The van der Waals surface area contributed by atoms with Gasteiger partial charge < -0.3 is 10.2 Å². The second-order valence-corrected chi connectivity index (χ2v) is 6.00. The Morgan fingerprint density at radius 1 is 1.41 bits per heavy atom. The molecule has 0 bridgehead atoms. The Morgan fingerprint density at radius 2 is 2.23 bits per heavy atom. The summed E-state index contributed by atoms with van der Waals surface area (Å²) in [6.45, 7) is 6.71. The van der Waals surface area contributed by atoms with Crippen LogP contribution < -0.4 is 10.2 Å². The van der Waals surface area contributed by atoms with E-state index in [1.54, 1.807) is 11.3 Å². The summed E-state index contributed by atoms with van der Waals surface area (Å²) >= 11 is 1.67. The van der Waals surface area contributed by atoms with Crippen molar-refractivity contribution in [1.82, 2.24) is 10.3 Å². The molecule has 2 heterocycles. The van der Waals surface area contributed by atoms with Crippen LogP contribution in [0.1, 0.15) is 23.1 Å². The van der Waals surface area contributed by atoms with Gasteiger partial charge in [-0.1, -0.05) is 18.2 Å². The van der Waals surface area contributed by atoms with E-state index in [0.29, 0.717) is 6.54 Å². The van der Waals surface area contributed by atoms with Crippen LogP contribution in [0.4, 0.5) is 5.69 Å². The first kappa shape index (κ1) is 17.2. The van der Waals surface area contributed by atoms with Gasteiger partial charge in [0.25, 0.3) is 0 Å². The molecule has 1 aromatic carbocycles. The second kappa shape index (κ2) is 7.92. The van der Waals surface area contributed by atoms with E-state index in [2.05, 4.69) is 46.4 Å². The Hall–Kier alpha value is -1.15. The molecule has 0 unspecified atom stereocenters. The number of anilines is 1. The van der Waals surface area contributed by atoms with E-state index in [1.165, 1.54) is 16.1 Å². The van der Waals surface area contributed by atoms with Crippen molar-refractivity contribution in [1.29, 1.82) is 0 Å². The lowest BCUT2D eigenvalue weighted by Crippen LogP contribution is -2.40. The molecule has 0 atom stereocenters. The smallest absolute Gasteiger partial charge is 0.198 e. The van der Waals surface area contributed by atoms with Gasteiger partial charge in [0.1, 0.15) is 0 Å². The Bertz CT molecular complexity index is 653. The highest BCUT2D eigenvalue weighted by Gasteiger charge is 2.22. The lowest BCUT2D eigenvalue weighted by Gasteiger charge is -2.22. The third-order valence-electron chi connectivity index (χ3n) is 3.70. The number of aromatic nitrogens is 1. The predicted molar refractivity (Wildman–Crippen MR) is 105 cm³/mol. The number of para-hydroxylation sites is 1. The number of rotatable bonds is 3. The van der Waals surface area contributed by atoms with Gasteiger partial charge in [-0.05, 0) is 31.9 Å². The maximum absolute atomic E-state index is 4.80. The van der Waals surface area contributed by atoms with Gasteiger partial charge >= 0.3 is 0 Å². The van der Waals surface area contributed by atoms with Gasteiger partial charge in [0, 0.05) is 23.7 Å². The topological polar surface area (TPSA) is 40.5 Å². The molecule has 118 valence electrons. The van der Waals surface area contributed by atoms with Crippen LogP contribution in [-0.2, 0) is 13.0 Å². The molecule has 0 amide bonds. The molecule has 4 nitrogen and oxygen atoms in total. The molecule has 0 aliphatic carbocycles. The van der Waals surface area contributed by atoms with Crippen molar-refractivity contribution in [3.63, 3.8) is 0 Å². The Kier molecular flexibility index (Phi) is 6.19. The number of aryl methyl sites for hydroxylation is 1. The fourth-order valence-electron chi connectivity index (χ4n) is 2.58. The number of guanidine groups is 1. The minimum Gasteiger partial charge on any atom is -0.356 e. The van der Waals surface area contributed by atoms with E-state index in [9.17, 15) is 0 Å². The first-order valence-electron chi connectivity index (χ1n) is 7.32. The van der Waals surface area contributed by atoms with Gasteiger partial charge in [0.2, 0.25) is 0 Å². The molecule has 1 aromatic heterocycles. The number of fused-ring (bicyclic) bond motifs is 1. The van der Waals surface area contributed by atoms with E-state index in [-0.39, 0.29) is 24.0 Å². The highest BCUT2D eigenvalue weighted by molar-refractivity contribution is 14.0. The average Bonchev–Trinajstić information content (AvgIpc) is 3.10.